The molecule has 110 valence electrons. The van der Waals surface area contributed by atoms with Crippen LogP contribution in [-0.2, 0) is 0 Å². The Morgan fingerprint density at radius 3 is 2.85 bits per heavy atom. The van der Waals surface area contributed by atoms with Crippen molar-refractivity contribution in [2.45, 2.75) is 12.5 Å². The van der Waals surface area contributed by atoms with Crippen LogP contribution in [0.25, 0.3) is 0 Å². The van der Waals surface area contributed by atoms with Crippen LogP contribution in [0.1, 0.15) is 16.8 Å². The zero-order chi connectivity index (χ0) is 14.7. The van der Waals surface area contributed by atoms with Crippen molar-refractivity contribution in [2.24, 2.45) is 0 Å². The summed E-state index contributed by atoms with van der Waals surface area (Å²) in [4.78, 5) is 16.6. The Bertz CT molecular complexity index is 491. The highest BCUT2D eigenvalue weighted by Gasteiger charge is 2.26. The van der Waals surface area contributed by atoms with Gasteiger partial charge in [0.05, 0.1) is 19.2 Å². The Labute approximate surface area is 119 Å². The minimum absolute atomic E-state index is 0.0965. The molecule has 1 unspecified atom stereocenters. The quantitative estimate of drug-likeness (QED) is 0.768. The summed E-state index contributed by atoms with van der Waals surface area (Å²) < 4.78 is 18.4. The monoisotopic (exact) mass is 280 g/mol. The van der Waals surface area contributed by atoms with Crippen molar-refractivity contribution in [3.05, 3.63) is 29.6 Å². The number of benzene rings is 1. The molecule has 1 saturated heterocycles. The van der Waals surface area contributed by atoms with Gasteiger partial charge in [-0.3, -0.25) is 9.69 Å². The van der Waals surface area contributed by atoms with E-state index in [1.165, 1.54) is 25.3 Å². The number of likely N-dealkylation sites (N-methyl/N-ethyl adjacent to an activating group) is 1. The van der Waals surface area contributed by atoms with Gasteiger partial charge in [0.1, 0.15) is 11.6 Å². The number of halogens is 1. The van der Waals surface area contributed by atoms with E-state index < -0.39 is 5.82 Å². The maximum atomic E-state index is 13.3. The summed E-state index contributed by atoms with van der Waals surface area (Å²) in [6, 6.07) is 4.53. The van der Waals surface area contributed by atoms with Crippen LogP contribution in [0.3, 0.4) is 0 Å². The molecule has 1 heterocycles. The maximum absolute atomic E-state index is 13.3. The van der Waals surface area contributed by atoms with Crippen molar-refractivity contribution < 1.29 is 13.9 Å². The Morgan fingerprint density at radius 1 is 1.50 bits per heavy atom. The first-order valence-corrected chi connectivity index (χ1v) is 6.76. The average molecular weight is 280 g/mol. The van der Waals surface area contributed by atoms with Crippen LogP contribution in [0.5, 0.6) is 5.75 Å². The van der Waals surface area contributed by atoms with Crippen molar-refractivity contribution in [2.75, 3.05) is 40.8 Å². The minimum Gasteiger partial charge on any atom is -0.496 e. The summed E-state index contributed by atoms with van der Waals surface area (Å²) in [6.07, 6.45) is 1.06. The third kappa shape index (κ3) is 3.35. The summed E-state index contributed by atoms with van der Waals surface area (Å²) in [5.41, 5.74) is 0.320. The largest absolute Gasteiger partial charge is 0.496 e. The van der Waals surface area contributed by atoms with E-state index in [0.717, 1.165) is 19.5 Å². The van der Waals surface area contributed by atoms with E-state index in [1.54, 1.807) is 0 Å². The highest BCUT2D eigenvalue weighted by Crippen LogP contribution is 2.21. The smallest absolute Gasteiger partial charge is 0.180 e. The van der Waals surface area contributed by atoms with E-state index in [0.29, 0.717) is 23.9 Å². The van der Waals surface area contributed by atoms with Crippen LogP contribution in [-0.4, -0.2) is 62.5 Å². The fraction of sp³-hybridized carbons (Fsp3) is 0.533. The second kappa shape index (κ2) is 6.33. The fourth-order valence-electron chi connectivity index (χ4n) is 2.56. The lowest BCUT2D eigenvalue weighted by Crippen LogP contribution is -2.33. The molecule has 0 aliphatic carbocycles. The van der Waals surface area contributed by atoms with E-state index in [-0.39, 0.29) is 5.78 Å². The van der Waals surface area contributed by atoms with Crippen molar-refractivity contribution in [3.8, 4) is 5.75 Å². The number of likely N-dealkylation sites (tertiary alicyclic amines) is 1. The maximum Gasteiger partial charge on any atom is 0.180 e. The van der Waals surface area contributed by atoms with Gasteiger partial charge in [-0.25, -0.2) is 4.39 Å². The highest BCUT2D eigenvalue weighted by molar-refractivity contribution is 6.00. The van der Waals surface area contributed by atoms with Crippen LogP contribution >= 0.6 is 0 Å². The molecule has 1 aromatic carbocycles. The Kier molecular flexibility index (Phi) is 4.73. The number of methoxy groups -OCH3 is 1. The summed E-state index contributed by atoms with van der Waals surface area (Å²) >= 11 is 0. The predicted octanol–water partition coefficient (Wildman–Crippen LogP) is 1.65. The molecule has 1 aliphatic rings. The lowest BCUT2D eigenvalue weighted by Gasteiger charge is -2.20. The molecule has 4 nitrogen and oxygen atoms in total. The van der Waals surface area contributed by atoms with Gasteiger partial charge < -0.3 is 9.64 Å². The van der Waals surface area contributed by atoms with Crippen molar-refractivity contribution in [1.82, 2.24) is 9.80 Å². The van der Waals surface area contributed by atoms with E-state index in [1.807, 2.05) is 14.1 Å². The Morgan fingerprint density at radius 2 is 2.25 bits per heavy atom. The van der Waals surface area contributed by atoms with Crippen molar-refractivity contribution in [3.63, 3.8) is 0 Å². The molecular weight excluding hydrogens is 259 g/mol. The van der Waals surface area contributed by atoms with Gasteiger partial charge in [-0.15, -0.1) is 0 Å². The van der Waals surface area contributed by atoms with E-state index in [4.69, 9.17) is 4.74 Å². The second-order valence-electron chi connectivity index (χ2n) is 5.41. The summed E-state index contributed by atoms with van der Waals surface area (Å²) in [6.45, 7) is 2.08. The minimum atomic E-state index is -0.415. The SMILES string of the molecule is COc1ccc(F)cc1C(=O)CN1CCC(N(C)C)C1. The molecule has 5 heteroatoms. The average Bonchev–Trinajstić information content (AvgIpc) is 2.87. The molecule has 0 spiro atoms. The third-order valence-electron chi connectivity index (χ3n) is 3.81. The molecule has 1 aliphatic heterocycles. The van der Waals surface area contributed by atoms with E-state index in [9.17, 15) is 9.18 Å². The van der Waals surface area contributed by atoms with Gasteiger partial charge in [0.2, 0.25) is 0 Å². The molecule has 0 N–H and O–H groups in total. The predicted molar refractivity (Wildman–Crippen MR) is 75.8 cm³/mol. The zero-order valence-corrected chi connectivity index (χ0v) is 12.2. The van der Waals surface area contributed by atoms with Gasteiger partial charge in [0, 0.05) is 19.1 Å². The zero-order valence-electron chi connectivity index (χ0n) is 12.2. The molecule has 2 rings (SSSR count). The lowest BCUT2D eigenvalue weighted by atomic mass is 10.1. The molecule has 0 bridgehead atoms. The number of Topliss-reactive ketones (excluding diaryl/α,β-unsaturated/α-hetero) is 1. The first kappa shape index (κ1) is 14.9. The summed E-state index contributed by atoms with van der Waals surface area (Å²) in [5.74, 6) is -0.0812. The van der Waals surface area contributed by atoms with E-state index in [2.05, 4.69) is 9.80 Å². The Hall–Kier alpha value is -1.46. The van der Waals surface area contributed by atoms with Crippen LogP contribution in [0, 0.1) is 5.82 Å². The highest BCUT2D eigenvalue weighted by atomic mass is 19.1. The molecule has 20 heavy (non-hydrogen) atoms. The summed E-state index contributed by atoms with van der Waals surface area (Å²) in [7, 11) is 5.58. The number of nitrogens with zero attached hydrogens (tertiary/aromatic N) is 2. The van der Waals surface area contributed by atoms with Crippen LogP contribution in [0.15, 0.2) is 18.2 Å². The van der Waals surface area contributed by atoms with Gasteiger partial charge in [-0.2, -0.15) is 0 Å². The normalized spacial score (nSPS) is 19.6. The number of rotatable bonds is 5. The lowest BCUT2D eigenvalue weighted by molar-refractivity contribution is 0.0938. The van der Waals surface area contributed by atoms with E-state index >= 15 is 0 Å². The van der Waals surface area contributed by atoms with Gasteiger partial charge in [0.15, 0.2) is 5.78 Å². The number of hydrogen-bond donors (Lipinski definition) is 0. The molecule has 0 radical (unpaired) electrons. The molecule has 0 saturated carbocycles. The molecule has 1 aromatic rings. The third-order valence-corrected chi connectivity index (χ3v) is 3.81. The summed E-state index contributed by atoms with van der Waals surface area (Å²) in [5, 5.41) is 0. The molecule has 1 atom stereocenters. The van der Waals surface area contributed by atoms with Crippen LogP contribution in [0.2, 0.25) is 0 Å². The standard InChI is InChI=1S/C15H21FN2O2/c1-17(2)12-6-7-18(9-12)10-14(19)13-8-11(16)4-5-15(13)20-3/h4-5,8,12H,6-7,9-10H2,1-3H3. The number of hydrogen-bond acceptors (Lipinski definition) is 4. The van der Waals surface area contributed by atoms with Gasteiger partial charge in [-0.05, 0) is 38.7 Å². The van der Waals surface area contributed by atoms with Gasteiger partial charge in [-0.1, -0.05) is 0 Å². The molecular formula is C15H21FN2O2. The van der Waals surface area contributed by atoms with Gasteiger partial charge >= 0.3 is 0 Å². The number of ketones is 1. The van der Waals surface area contributed by atoms with Crippen LogP contribution < -0.4 is 4.74 Å². The molecule has 0 amide bonds. The first-order chi connectivity index (χ1) is 9.51. The van der Waals surface area contributed by atoms with Gasteiger partial charge in [0.25, 0.3) is 0 Å². The Balaban J connectivity index is 2.04. The fourth-order valence-corrected chi connectivity index (χ4v) is 2.56. The van der Waals surface area contributed by atoms with Crippen LogP contribution in [0.4, 0.5) is 4.39 Å². The van der Waals surface area contributed by atoms with Crippen molar-refractivity contribution >= 4 is 5.78 Å². The topological polar surface area (TPSA) is 32.8 Å². The van der Waals surface area contributed by atoms with Crippen molar-refractivity contribution in [1.29, 1.82) is 0 Å². The number of ether oxygens (including phenoxy) is 1. The second-order valence-corrected chi connectivity index (χ2v) is 5.41. The molecule has 1 fully saturated rings. The molecule has 0 aromatic heterocycles. The first-order valence-electron chi connectivity index (χ1n) is 6.76. The number of carbonyl (C=O) groups is 1. The number of carbonyl (C=O) groups excluding carboxylic acids is 1.